The maximum absolute atomic E-state index is 13.8. The van der Waals surface area contributed by atoms with E-state index >= 15 is 0 Å². The Morgan fingerprint density at radius 3 is 1.22 bits per heavy atom. The van der Waals surface area contributed by atoms with Crippen LogP contribution in [-0.2, 0) is 12.8 Å². The normalized spacial score (nSPS) is 12.4. The van der Waals surface area contributed by atoms with Crippen LogP contribution in [0.25, 0.3) is 0 Å². The first kappa shape index (κ1) is 25.9. The summed E-state index contributed by atoms with van der Waals surface area (Å²) in [6, 6.07) is 34.4. The molecule has 0 radical (unpaired) electrons. The molecular formula is C33H32O4. The number of methoxy groups -OCH3 is 2. The molecule has 0 aliphatic carbocycles. The molecule has 0 saturated heterocycles. The summed E-state index contributed by atoms with van der Waals surface area (Å²) in [6.45, 7) is 0. The van der Waals surface area contributed by atoms with Gasteiger partial charge in [-0.1, -0.05) is 60.7 Å². The first-order valence-electron chi connectivity index (χ1n) is 12.5. The van der Waals surface area contributed by atoms with Gasteiger partial charge >= 0.3 is 0 Å². The molecule has 0 aliphatic heterocycles. The van der Waals surface area contributed by atoms with Crippen LogP contribution in [0, 0.1) is 11.8 Å². The van der Waals surface area contributed by atoms with Gasteiger partial charge in [0, 0.05) is 23.0 Å². The molecule has 0 bridgehead atoms. The molecule has 4 heteroatoms. The number of ether oxygens (including phenoxy) is 2. The van der Waals surface area contributed by atoms with Gasteiger partial charge < -0.3 is 9.47 Å². The Morgan fingerprint density at radius 2 is 0.892 bits per heavy atom. The van der Waals surface area contributed by atoms with E-state index in [0.29, 0.717) is 41.9 Å². The Hall–Kier alpha value is -4.18. The van der Waals surface area contributed by atoms with Crippen LogP contribution in [0.5, 0.6) is 11.5 Å². The molecule has 0 aliphatic rings. The summed E-state index contributed by atoms with van der Waals surface area (Å²) in [5, 5.41) is 0. The Morgan fingerprint density at radius 1 is 0.541 bits per heavy atom. The molecule has 0 heterocycles. The third-order valence-corrected chi connectivity index (χ3v) is 6.71. The summed E-state index contributed by atoms with van der Waals surface area (Å²) in [4.78, 5) is 27.6. The lowest BCUT2D eigenvalue weighted by Gasteiger charge is -2.23. The van der Waals surface area contributed by atoms with E-state index in [2.05, 4.69) is 0 Å². The number of hydrogen-bond acceptors (Lipinski definition) is 4. The van der Waals surface area contributed by atoms with Gasteiger partial charge in [-0.05, 0) is 78.9 Å². The van der Waals surface area contributed by atoms with Gasteiger partial charge in [0.05, 0.1) is 14.2 Å². The molecule has 0 N–H and O–H groups in total. The topological polar surface area (TPSA) is 52.6 Å². The molecule has 2 unspecified atom stereocenters. The first-order chi connectivity index (χ1) is 18.1. The summed E-state index contributed by atoms with van der Waals surface area (Å²) >= 11 is 0. The van der Waals surface area contributed by atoms with E-state index in [1.54, 1.807) is 62.8 Å². The molecule has 0 amide bonds. The van der Waals surface area contributed by atoms with Gasteiger partial charge in [0.15, 0.2) is 11.6 Å². The molecule has 4 nitrogen and oxygen atoms in total. The van der Waals surface area contributed by atoms with Gasteiger partial charge in [-0.25, -0.2) is 0 Å². The smallest absolute Gasteiger partial charge is 0.166 e. The maximum atomic E-state index is 13.8. The van der Waals surface area contributed by atoms with Gasteiger partial charge in [0.1, 0.15) is 11.5 Å². The lowest BCUT2D eigenvalue weighted by molar-refractivity contribution is 0.0846. The van der Waals surface area contributed by atoms with E-state index in [9.17, 15) is 9.59 Å². The fourth-order valence-corrected chi connectivity index (χ4v) is 4.69. The Labute approximate surface area is 218 Å². The van der Waals surface area contributed by atoms with E-state index in [-0.39, 0.29) is 23.4 Å². The molecule has 4 aromatic carbocycles. The van der Waals surface area contributed by atoms with Crippen LogP contribution in [0.3, 0.4) is 0 Å². The van der Waals surface area contributed by atoms with Gasteiger partial charge in [-0.2, -0.15) is 0 Å². The summed E-state index contributed by atoms with van der Waals surface area (Å²) in [6.07, 6.45) is 1.57. The van der Waals surface area contributed by atoms with E-state index < -0.39 is 0 Å². The lowest BCUT2D eigenvalue weighted by Crippen LogP contribution is -2.26. The van der Waals surface area contributed by atoms with Crippen molar-refractivity contribution < 1.29 is 19.1 Å². The second-order valence-corrected chi connectivity index (χ2v) is 9.19. The zero-order chi connectivity index (χ0) is 26.0. The zero-order valence-corrected chi connectivity index (χ0v) is 21.3. The van der Waals surface area contributed by atoms with Crippen LogP contribution < -0.4 is 9.47 Å². The molecule has 0 spiro atoms. The molecule has 0 saturated carbocycles. The highest BCUT2D eigenvalue weighted by Gasteiger charge is 2.29. The summed E-state index contributed by atoms with van der Waals surface area (Å²) < 4.78 is 10.5. The maximum Gasteiger partial charge on any atom is 0.166 e. The number of Topliss-reactive ketones (excluding diaryl/α,β-unsaturated/α-hetero) is 2. The number of ketones is 2. The van der Waals surface area contributed by atoms with Gasteiger partial charge in [0.2, 0.25) is 0 Å². The molecule has 4 aromatic rings. The van der Waals surface area contributed by atoms with Crippen molar-refractivity contribution in [3.05, 3.63) is 131 Å². The molecular weight excluding hydrogens is 460 g/mol. The van der Waals surface area contributed by atoms with Gasteiger partial charge in [0.25, 0.3) is 0 Å². The van der Waals surface area contributed by atoms with Crippen LogP contribution >= 0.6 is 0 Å². The second kappa shape index (κ2) is 12.7. The van der Waals surface area contributed by atoms with E-state index in [1.165, 1.54) is 0 Å². The third kappa shape index (κ3) is 6.95. The molecule has 0 aromatic heterocycles. The highest BCUT2D eigenvalue weighted by molar-refractivity contribution is 6.00. The Bertz CT molecular complexity index is 1180. The second-order valence-electron chi connectivity index (χ2n) is 9.19. The minimum absolute atomic E-state index is 0.0344. The predicted molar refractivity (Wildman–Crippen MR) is 147 cm³/mol. The average molecular weight is 493 g/mol. The van der Waals surface area contributed by atoms with Crippen molar-refractivity contribution in [1.82, 2.24) is 0 Å². The quantitative estimate of drug-likeness (QED) is 0.202. The molecule has 188 valence electrons. The average Bonchev–Trinajstić information content (AvgIpc) is 2.97. The minimum Gasteiger partial charge on any atom is -0.497 e. The lowest BCUT2D eigenvalue weighted by atomic mass is 9.79. The molecule has 2 atom stereocenters. The molecule has 37 heavy (non-hydrogen) atoms. The van der Waals surface area contributed by atoms with Crippen molar-refractivity contribution in [2.45, 2.75) is 19.3 Å². The van der Waals surface area contributed by atoms with Crippen molar-refractivity contribution in [1.29, 1.82) is 0 Å². The largest absolute Gasteiger partial charge is 0.497 e. The number of carbonyl (C=O) groups is 2. The fourth-order valence-electron chi connectivity index (χ4n) is 4.69. The summed E-state index contributed by atoms with van der Waals surface area (Å²) in [7, 11) is 3.21. The van der Waals surface area contributed by atoms with E-state index in [1.807, 2.05) is 60.7 Å². The van der Waals surface area contributed by atoms with Crippen molar-refractivity contribution in [3.63, 3.8) is 0 Å². The van der Waals surface area contributed by atoms with Crippen LogP contribution in [-0.4, -0.2) is 25.8 Å². The van der Waals surface area contributed by atoms with Crippen LogP contribution in [0.2, 0.25) is 0 Å². The number of hydrogen-bond donors (Lipinski definition) is 0. The number of carbonyl (C=O) groups excluding carboxylic acids is 2. The van der Waals surface area contributed by atoms with Crippen molar-refractivity contribution in [2.75, 3.05) is 14.2 Å². The highest BCUT2D eigenvalue weighted by Crippen LogP contribution is 2.28. The Balaban J connectivity index is 1.66. The van der Waals surface area contributed by atoms with Crippen molar-refractivity contribution in [2.24, 2.45) is 11.8 Å². The number of benzene rings is 4. The van der Waals surface area contributed by atoms with E-state index in [4.69, 9.17) is 9.47 Å². The van der Waals surface area contributed by atoms with Crippen LogP contribution in [0.4, 0.5) is 0 Å². The van der Waals surface area contributed by atoms with Gasteiger partial charge in [-0.3, -0.25) is 9.59 Å². The monoisotopic (exact) mass is 492 g/mol. The van der Waals surface area contributed by atoms with Crippen molar-refractivity contribution in [3.8, 4) is 11.5 Å². The van der Waals surface area contributed by atoms with Gasteiger partial charge in [-0.15, -0.1) is 0 Å². The standard InChI is InChI=1S/C33H32O4/c1-36-30-17-13-26(14-18-30)32(34)28(21-24-9-5-3-6-10-24)23-29(22-25-11-7-4-8-12-25)33(35)27-15-19-31(37-2)20-16-27/h3-20,28-29H,21-23H2,1-2H3. The minimum atomic E-state index is -0.355. The Kier molecular flexibility index (Phi) is 8.88. The summed E-state index contributed by atoms with van der Waals surface area (Å²) in [5.74, 6) is 0.762. The van der Waals surface area contributed by atoms with Crippen LogP contribution in [0.15, 0.2) is 109 Å². The first-order valence-corrected chi connectivity index (χ1v) is 12.5. The van der Waals surface area contributed by atoms with Crippen molar-refractivity contribution >= 4 is 11.6 Å². The highest BCUT2D eigenvalue weighted by atomic mass is 16.5. The van der Waals surface area contributed by atoms with E-state index in [0.717, 1.165) is 11.1 Å². The zero-order valence-electron chi connectivity index (χ0n) is 21.3. The fraction of sp³-hybridized carbons (Fsp3) is 0.212. The molecule has 0 fully saturated rings. The third-order valence-electron chi connectivity index (χ3n) is 6.71. The van der Waals surface area contributed by atoms with Crippen LogP contribution in [0.1, 0.15) is 38.3 Å². The SMILES string of the molecule is COc1ccc(C(=O)C(Cc2ccccc2)CC(Cc2ccccc2)C(=O)c2ccc(OC)cc2)cc1. The summed E-state index contributed by atoms with van der Waals surface area (Å²) in [5.41, 5.74) is 3.39. The molecule has 4 rings (SSSR count). The predicted octanol–water partition coefficient (Wildman–Crippen LogP) is 6.88. The number of rotatable bonds is 12.